The molecule has 55 heavy (non-hydrogen) atoms. The highest BCUT2D eigenvalue weighted by molar-refractivity contribution is 5.98. The van der Waals surface area contributed by atoms with Gasteiger partial charge >= 0.3 is 5.97 Å². The summed E-state index contributed by atoms with van der Waals surface area (Å²) in [5.74, 6) is -3.15. The van der Waals surface area contributed by atoms with E-state index in [0.717, 1.165) is 13.0 Å². The molecule has 17 heteroatoms. The zero-order chi connectivity index (χ0) is 39.0. The Bertz CT molecular complexity index is 1570. The number of nitrogens with one attached hydrogen (secondary N) is 2. The topological polar surface area (TPSA) is 200 Å². The van der Waals surface area contributed by atoms with E-state index in [1.165, 1.54) is 14.7 Å². The SMILES string of the molecule is C[C@H](NC(=O)[C@@H]1CCCN1)C(=O)N1CCC[C@H]1C(=O)N1CCC[C@H]1C(=O)N1CCC[C@H]1C(=O)N1CCC[C@H]1C(=O)N1CCC[C@H]1C(=O)N1CCC[C@H]1C(=O)O. The molecule has 17 nitrogen and oxygen atoms in total. The summed E-state index contributed by atoms with van der Waals surface area (Å²) in [5.41, 5.74) is 0. The second kappa shape index (κ2) is 16.4. The highest BCUT2D eigenvalue weighted by Gasteiger charge is 2.50. The normalized spacial score (nSPS) is 31.4. The van der Waals surface area contributed by atoms with Crippen LogP contribution in [0, 0.1) is 0 Å². The maximum absolute atomic E-state index is 14.3. The van der Waals surface area contributed by atoms with Crippen LogP contribution in [0.1, 0.15) is 96.8 Å². The van der Waals surface area contributed by atoms with E-state index in [-0.39, 0.29) is 47.4 Å². The molecule has 0 unspecified atom stereocenters. The molecule has 7 heterocycles. The van der Waals surface area contributed by atoms with Gasteiger partial charge in [0, 0.05) is 39.3 Å². The zero-order valence-electron chi connectivity index (χ0n) is 31.9. The van der Waals surface area contributed by atoms with Gasteiger partial charge < -0.3 is 45.1 Å². The summed E-state index contributed by atoms with van der Waals surface area (Å²) in [4.78, 5) is 118. The number of amides is 7. The molecule has 0 aliphatic carbocycles. The van der Waals surface area contributed by atoms with Gasteiger partial charge in [-0.1, -0.05) is 0 Å². The number of nitrogens with zero attached hydrogens (tertiary/aromatic N) is 6. The summed E-state index contributed by atoms with van der Waals surface area (Å²) in [5, 5.41) is 15.6. The fourth-order valence-electron chi connectivity index (χ4n) is 10.2. The fraction of sp³-hybridized carbons (Fsp3) is 0.789. The van der Waals surface area contributed by atoms with Crippen LogP contribution in [0.5, 0.6) is 0 Å². The first-order chi connectivity index (χ1) is 26.5. The van der Waals surface area contributed by atoms with Gasteiger partial charge in [-0.25, -0.2) is 4.79 Å². The molecule has 7 amide bonds. The molecule has 7 fully saturated rings. The number of carboxylic acids is 1. The average Bonchev–Trinajstić information content (AvgIpc) is 4.04. The maximum atomic E-state index is 14.3. The summed E-state index contributed by atoms with van der Waals surface area (Å²) in [6, 6.07) is -5.85. The largest absolute Gasteiger partial charge is 0.480 e. The van der Waals surface area contributed by atoms with Crippen LogP contribution in [0.15, 0.2) is 0 Å². The highest BCUT2D eigenvalue weighted by atomic mass is 16.4. The van der Waals surface area contributed by atoms with E-state index >= 15 is 0 Å². The lowest BCUT2D eigenvalue weighted by Crippen LogP contribution is -2.59. The van der Waals surface area contributed by atoms with Gasteiger partial charge in [-0.05, 0) is 103 Å². The number of rotatable bonds is 9. The van der Waals surface area contributed by atoms with Crippen molar-refractivity contribution < 1.29 is 43.5 Å². The Morgan fingerprint density at radius 3 is 1.16 bits per heavy atom. The molecule has 302 valence electrons. The summed E-state index contributed by atoms with van der Waals surface area (Å²) < 4.78 is 0. The standard InChI is InChI=1S/C38H56N8O9/c1-23(40-31(47)24-9-2-16-39-24)32(48)41-17-3-10-25(41)33(49)42-18-4-11-26(42)34(50)43-19-5-12-27(43)35(51)44-20-6-13-28(44)36(52)45-21-7-14-29(45)37(53)46-22-8-15-30(46)38(54)55/h23-30,39H,2-22H2,1H3,(H,40,47)(H,54,55)/t23-,24-,25-,26-,27-,28-,29-,30-/m0/s1. The Morgan fingerprint density at radius 2 is 0.818 bits per heavy atom. The summed E-state index contributed by atoms with van der Waals surface area (Å²) in [6.45, 7) is 4.53. The summed E-state index contributed by atoms with van der Waals surface area (Å²) in [7, 11) is 0. The van der Waals surface area contributed by atoms with Crippen molar-refractivity contribution in [2.75, 3.05) is 45.8 Å². The van der Waals surface area contributed by atoms with Gasteiger partial charge in [0.2, 0.25) is 41.4 Å². The van der Waals surface area contributed by atoms with E-state index in [4.69, 9.17) is 0 Å². The third-order valence-corrected chi connectivity index (χ3v) is 13.0. The van der Waals surface area contributed by atoms with Crippen molar-refractivity contribution in [2.45, 2.75) is 145 Å². The lowest BCUT2D eigenvalue weighted by Gasteiger charge is -2.37. The molecule has 3 N–H and O–H groups in total. The van der Waals surface area contributed by atoms with Crippen molar-refractivity contribution in [2.24, 2.45) is 0 Å². The predicted molar refractivity (Wildman–Crippen MR) is 195 cm³/mol. The molecule has 0 radical (unpaired) electrons. The number of carbonyl (C=O) groups excluding carboxylic acids is 7. The molecule has 0 saturated carbocycles. The van der Waals surface area contributed by atoms with Crippen LogP contribution in [0.4, 0.5) is 0 Å². The van der Waals surface area contributed by atoms with Gasteiger partial charge in [-0.15, -0.1) is 0 Å². The van der Waals surface area contributed by atoms with Crippen LogP contribution in [0.2, 0.25) is 0 Å². The van der Waals surface area contributed by atoms with Crippen molar-refractivity contribution >= 4 is 47.3 Å². The van der Waals surface area contributed by atoms with Crippen LogP contribution in [0.25, 0.3) is 0 Å². The van der Waals surface area contributed by atoms with Gasteiger partial charge in [0.15, 0.2) is 0 Å². The van der Waals surface area contributed by atoms with Gasteiger partial charge in [0.25, 0.3) is 0 Å². The first kappa shape index (κ1) is 39.0. The molecule has 7 aliphatic heterocycles. The van der Waals surface area contributed by atoms with E-state index in [9.17, 15) is 43.5 Å². The molecule has 7 saturated heterocycles. The second-order valence-corrected chi connectivity index (χ2v) is 16.4. The molecular weight excluding hydrogens is 712 g/mol. The van der Waals surface area contributed by atoms with E-state index in [1.54, 1.807) is 21.6 Å². The second-order valence-electron chi connectivity index (χ2n) is 16.4. The Balaban J connectivity index is 0.987. The van der Waals surface area contributed by atoms with Crippen molar-refractivity contribution in [1.29, 1.82) is 0 Å². The van der Waals surface area contributed by atoms with Crippen LogP contribution in [0.3, 0.4) is 0 Å². The van der Waals surface area contributed by atoms with Crippen molar-refractivity contribution in [3.63, 3.8) is 0 Å². The van der Waals surface area contributed by atoms with E-state index in [0.29, 0.717) is 123 Å². The molecular formula is C38H56N8O9. The van der Waals surface area contributed by atoms with Crippen molar-refractivity contribution in [1.82, 2.24) is 40.0 Å². The number of carbonyl (C=O) groups is 8. The molecule has 7 aliphatic rings. The summed E-state index contributed by atoms with van der Waals surface area (Å²) in [6.07, 6.45) is 7.84. The monoisotopic (exact) mass is 768 g/mol. The molecule has 0 spiro atoms. The van der Waals surface area contributed by atoms with E-state index < -0.39 is 48.3 Å². The van der Waals surface area contributed by atoms with Gasteiger partial charge in [0.1, 0.15) is 42.3 Å². The number of aliphatic carboxylic acids is 1. The van der Waals surface area contributed by atoms with Crippen molar-refractivity contribution in [3.05, 3.63) is 0 Å². The molecule has 0 bridgehead atoms. The zero-order valence-corrected chi connectivity index (χ0v) is 31.9. The number of carboxylic acid groups (broad SMARTS) is 1. The Hall–Kier alpha value is -4.28. The van der Waals surface area contributed by atoms with Gasteiger partial charge in [-0.2, -0.15) is 0 Å². The molecule has 7 rings (SSSR count). The Morgan fingerprint density at radius 1 is 0.491 bits per heavy atom. The smallest absolute Gasteiger partial charge is 0.326 e. The number of hydrogen-bond acceptors (Lipinski definition) is 9. The molecule has 8 atom stereocenters. The van der Waals surface area contributed by atoms with Crippen LogP contribution < -0.4 is 10.6 Å². The first-order valence-electron chi connectivity index (χ1n) is 20.6. The maximum Gasteiger partial charge on any atom is 0.326 e. The Kier molecular flexibility index (Phi) is 11.7. The lowest BCUT2D eigenvalue weighted by atomic mass is 10.1. The number of hydrogen-bond donors (Lipinski definition) is 3. The Labute approximate surface area is 321 Å². The molecule has 0 aromatic heterocycles. The van der Waals surface area contributed by atoms with Gasteiger partial charge in [0.05, 0.1) is 6.04 Å². The van der Waals surface area contributed by atoms with E-state index in [2.05, 4.69) is 10.6 Å². The molecule has 0 aromatic carbocycles. The molecule has 0 aromatic rings. The average molecular weight is 769 g/mol. The first-order valence-corrected chi connectivity index (χ1v) is 20.6. The third-order valence-electron chi connectivity index (χ3n) is 13.0. The van der Waals surface area contributed by atoms with Crippen molar-refractivity contribution in [3.8, 4) is 0 Å². The lowest BCUT2D eigenvalue weighted by molar-refractivity contribution is -0.155. The summed E-state index contributed by atoms with van der Waals surface area (Å²) >= 11 is 0. The third kappa shape index (κ3) is 7.52. The van der Waals surface area contributed by atoms with Gasteiger partial charge in [-0.3, -0.25) is 33.6 Å². The highest BCUT2D eigenvalue weighted by Crippen LogP contribution is 2.32. The van der Waals surface area contributed by atoms with Crippen LogP contribution in [-0.2, 0) is 38.4 Å². The van der Waals surface area contributed by atoms with Crippen LogP contribution >= 0.6 is 0 Å². The minimum Gasteiger partial charge on any atom is -0.480 e. The minimum atomic E-state index is -1.05. The quantitative estimate of drug-likeness (QED) is 0.269. The number of likely N-dealkylation sites (tertiary alicyclic amines) is 6. The van der Waals surface area contributed by atoms with E-state index in [1.807, 2.05) is 0 Å². The predicted octanol–water partition coefficient (Wildman–Crippen LogP) is -0.726. The van der Waals surface area contributed by atoms with Crippen LogP contribution in [-0.4, -0.2) is 176 Å². The minimum absolute atomic E-state index is 0.228. The fourth-order valence-corrected chi connectivity index (χ4v) is 10.2.